The van der Waals surface area contributed by atoms with E-state index in [1.807, 2.05) is 12.1 Å². The van der Waals surface area contributed by atoms with Crippen LogP contribution in [0.2, 0.25) is 0 Å². The number of rotatable bonds is 1. The second-order valence-corrected chi connectivity index (χ2v) is 5.52. The largest absolute Gasteiger partial charge is 0.361 e. The highest BCUT2D eigenvalue weighted by Gasteiger charge is 2.18. The molecule has 22 heavy (non-hydrogen) atoms. The summed E-state index contributed by atoms with van der Waals surface area (Å²) in [5.41, 5.74) is 14.3. The molecule has 0 saturated carbocycles. The van der Waals surface area contributed by atoms with Gasteiger partial charge in [0, 0.05) is 0 Å². The lowest BCUT2D eigenvalue weighted by Crippen LogP contribution is -2.06. The summed E-state index contributed by atoms with van der Waals surface area (Å²) in [4.78, 5) is 3.40. The van der Waals surface area contributed by atoms with Crippen molar-refractivity contribution in [2.45, 2.75) is 6.42 Å². The van der Waals surface area contributed by atoms with Crippen LogP contribution in [-0.4, -0.2) is 10.5 Å². The van der Waals surface area contributed by atoms with Gasteiger partial charge in [0.2, 0.25) is 0 Å². The molecule has 1 aliphatic carbocycles. The molecule has 4 rings (SSSR count). The minimum Gasteiger partial charge on any atom is -0.361 e. The molecule has 3 aromatic rings. The second kappa shape index (κ2) is 5.10. The zero-order valence-corrected chi connectivity index (χ0v) is 12.0. The lowest BCUT2D eigenvalue weighted by molar-refractivity contribution is -0.00606. The van der Waals surface area contributed by atoms with Crippen molar-refractivity contribution in [2.24, 2.45) is 0 Å². The molecule has 0 heterocycles. The molecule has 0 saturated heterocycles. The summed E-state index contributed by atoms with van der Waals surface area (Å²) < 4.78 is 0. The highest BCUT2D eigenvalue weighted by Crippen LogP contribution is 2.28. The monoisotopic (exact) mass is 282 g/mol. The Morgan fingerprint density at radius 1 is 0.818 bits per heavy atom. The predicted octanol–water partition coefficient (Wildman–Crippen LogP) is 4.94. The zero-order chi connectivity index (χ0) is 14.9. The van der Waals surface area contributed by atoms with Crippen molar-refractivity contribution < 1.29 is 4.79 Å². The van der Waals surface area contributed by atoms with Crippen LogP contribution in [0.1, 0.15) is 17.5 Å². The Labute approximate surface area is 129 Å². The first-order chi connectivity index (χ1) is 10.8. The van der Waals surface area contributed by atoms with E-state index in [1.54, 1.807) is 0 Å². The summed E-state index contributed by atoms with van der Waals surface area (Å²) in [6.07, 6.45) is 4.80. The van der Waals surface area contributed by atoms with Gasteiger partial charge in [-0.2, -0.15) is 4.79 Å². The quantitative estimate of drug-likeness (QED) is 0.447. The molecular formula is C20H14N2. The molecule has 0 bridgehead atoms. The Bertz CT molecular complexity index is 960. The fourth-order valence-electron chi connectivity index (χ4n) is 3.01. The van der Waals surface area contributed by atoms with E-state index < -0.39 is 0 Å². The van der Waals surface area contributed by atoms with E-state index in [-0.39, 0.29) is 0 Å². The zero-order valence-electron chi connectivity index (χ0n) is 12.0. The van der Waals surface area contributed by atoms with Crippen molar-refractivity contribution in [3.8, 4) is 11.1 Å². The molecule has 1 aliphatic rings. The van der Waals surface area contributed by atoms with Gasteiger partial charge >= 0.3 is 5.71 Å². The Morgan fingerprint density at radius 2 is 1.59 bits per heavy atom. The third-order valence-electron chi connectivity index (χ3n) is 4.17. The van der Waals surface area contributed by atoms with Crippen molar-refractivity contribution >= 4 is 22.6 Å². The van der Waals surface area contributed by atoms with Crippen LogP contribution >= 0.6 is 0 Å². The van der Waals surface area contributed by atoms with Crippen LogP contribution < -0.4 is 0 Å². The fourth-order valence-corrected chi connectivity index (χ4v) is 3.01. The third-order valence-corrected chi connectivity index (χ3v) is 4.17. The average molecular weight is 282 g/mol. The summed E-state index contributed by atoms with van der Waals surface area (Å²) in [6.45, 7) is 0. The van der Waals surface area contributed by atoms with Crippen LogP contribution in [0.25, 0.3) is 33.5 Å². The molecular weight excluding hydrogens is 268 g/mol. The summed E-state index contributed by atoms with van der Waals surface area (Å²) in [6, 6.07) is 21.2. The highest BCUT2D eigenvalue weighted by molar-refractivity contribution is 6.03. The molecule has 0 radical (unpaired) electrons. The second-order valence-electron chi connectivity index (χ2n) is 5.52. The summed E-state index contributed by atoms with van der Waals surface area (Å²) >= 11 is 0. The number of allylic oxidation sites excluding steroid dienone is 1. The Morgan fingerprint density at radius 3 is 2.45 bits per heavy atom. The maximum atomic E-state index is 9.10. The van der Waals surface area contributed by atoms with Gasteiger partial charge < -0.3 is 5.53 Å². The van der Waals surface area contributed by atoms with Crippen LogP contribution in [0.3, 0.4) is 0 Å². The van der Waals surface area contributed by atoms with Crippen molar-refractivity contribution in [1.29, 1.82) is 0 Å². The van der Waals surface area contributed by atoms with Gasteiger partial charge in [0.05, 0.1) is 12.0 Å². The number of benzene rings is 3. The predicted molar refractivity (Wildman–Crippen MR) is 90.8 cm³/mol. The van der Waals surface area contributed by atoms with E-state index in [2.05, 4.69) is 65.5 Å². The average Bonchev–Trinajstić information content (AvgIpc) is 2.60. The Balaban J connectivity index is 1.86. The normalized spacial score (nSPS) is 13.0. The summed E-state index contributed by atoms with van der Waals surface area (Å²) in [5.74, 6) is 0. The van der Waals surface area contributed by atoms with Gasteiger partial charge in [-0.25, -0.2) is 0 Å². The number of fused-ring (bicyclic) bond motifs is 2. The van der Waals surface area contributed by atoms with E-state index in [0.717, 1.165) is 16.8 Å². The SMILES string of the molecule is [N-]=[N+]=C1CC=Cc2cc(-c3ccc4ccccc4c3)ccc21. The molecule has 0 aromatic heterocycles. The molecule has 0 atom stereocenters. The van der Waals surface area contributed by atoms with Gasteiger partial charge in [-0.1, -0.05) is 54.6 Å². The first-order valence-electron chi connectivity index (χ1n) is 7.36. The van der Waals surface area contributed by atoms with Crippen LogP contribution in [-0.2, 0) is 0 Å². The first kappa shape index (κ1) is 12.8. The van der Waals surface area contributed by atoms with Gasteiger partial charge in [-0.15, -0.1) is 0 Å². The molecule has 2 heteroatoms. The lowest BCUT2D eigenvalue weighted by Gasteiger charge is -2.10. The fraction of sp³-hybridized carbons (Fsp3) is 0.0500. The van der Waals surface area contributed by atoms with Gasteiger partial charge in [-0.05, 0) is 45.7 Å². The molecule has 3 aromatic carbocycles. The highest BCUT2D eigenvalue weighted by atomic mass is 14.9. The standard InChI is InChI=1S/C20H14N2/c21-22-20-7-3-6-18-13-17(10-11-19(18)20)16-9-8-14-4-1-2-5-15(14)12-16/h1-6,8-13H,7H2. The van der Waals surface area contributed by atoms with Crippen LogP contribution in [0, 0.1) is 0 Å². The van der Waals surface area contributed by atoms with E-state index >= 15 is 0 Å². The number of hydrogen-bond acceptors (Lipinski definition) is 0. The molecule has 0 amide bonds. The van der Waals surface area contributed by atoms with Crippen LogP contribution in [0.15, 0.2) is 66.7 Å². The van der Waals surface area contributed by atoms with E-state index in [4.69, 9.17) is 5.53 Å². The Kier molecular flexibility index (Phi) is 2.96. The van der Waals surface area contributed by atoms with E-state index in [1.165, 1.54) is 21.9 Å². The maximum absolute atomic E-state index is 9.10. The van der Waals surface area contributed by atoms with Gasteiger partial charge in [0.25, 0.3) is 0 Å². The molecule has 0 aliphatic heterocycles. The van der Waals surface area contributed by atoms with Crippen molar-refractivity contribution in [1.82, 2.24) is 0 Å². The minimum absolute atomic E-state index is 0.679. The van der Waals surface area contributed by atoms with Gasteiger partial charge in [0.1, 0.15) is 0 Å². The number of hydrogen-bond donors (Lipinski definition) is 0. The Hall–Kier alpha value is -2.96. The van der Waals surface area contributed by atoms with Crippen molar-refractivity contribution in [3.05, 3.63) is 83.4 Å². The van der Waals surface area contributed by atoms with Crippen LogP contribution in [0.5, 0.6) is 0 Å². The van der Waals surface area contributed by atoms with Crippen molar-refractivity contribution in [2.75, 3.05) is 0 Å². The summed E-state index contributed by atoms with van der Waals surface area (Å²) in [7, 11) is 0. The van der Waals surface area contributed by atoms with E-state index in [0.29, 0.717) is 6.42 Å². The van der Waals surface area contributed by atoms with Crippen molar-refractivity contribution in [3.63, 3.8) is 0 Å². The first-order valence-corrected chi connectivity index (χ1v) is 7.36. The number of nitrogens with zero attached hydrogens (tertiary/aromatic N) is 2. The van der Waals surface area contributed by atoms with Crippen LogP contribution in [0.4, 0.5) is 0 Å². The third kappa shape index (κ3) is 2.07. The maximum Gasteiger partial charge on any atom is 0.303 e. The smallest absolute Gasteiger partial charge is 0.303 e. The molecule has 0 unspecified atom stereocenters. The van der Waals surface area contributed by atoms with Gasteiger partial charge in [0.15, 0.2) is 0 Å². The molecule has 2 nitrogen and oxygen atoms in total. The molecule has 0 spiro atoms. The molecule has 0 N–H and O–H groups in total. The summed E-state index contributed by atoms with van der Waals surface area (Å²) in [5, 5.41) is 2.49. The van der Waals surface area contributed by atoms with E-state index in [9.17, 15) is 0 Å². The molecule has 104 valence electrons. The topological polar surface area (TPSA) is 36.4 Å². The minimum atomic E-state index is 0.679. The lowest BCUT2D eigenvalue weighted by atomic mass is 9.91. The van der Waals surface area contributed by atoms with Gasteiger partial charge in [-0.3, -0.25) is 0 Å². The molecule has 0 fully saturated rings.